The molecule has 4 heterocycles. The summed E-state index contributed by atoms with van der Waals surface area (Å²) in [7, 11) is 0. The Kier molecular flexibility index (Phi) is 9.88. The monoisotopic (exact) mass is 616 g/mol. The Balaban J connectivity index is 1.74. The molecule has 230 valence electrons. The van der Waals surface area contributed by atoms with Crippen LogP contribution >= 0.6 is 12.6 Å². The van der Waals surface area contributed by atoms with Crippen LogP contribution in [0.15, 0.2) is 56.4 Å². The first kappa shape index (κ1) is 32.4. The van der Waals surface area contributed by atoms with Gasteiger partial charge in [0.1, 0.15) is 0 Å². The summed E-state index contributed by atoms with van der Waals surface area (Å²) >= 11 is 4.16. The molecule has 44 heavy (non-hydrogen) atoms. The molecule has 4 rings (SSSR count). The van der Waals surface area contributed by atoms with E-state index in [1.807, 2.05) is 20.8 Å². The number of H-pyrrole nitrogens is 2. The van der Waals surface area contributed by atoms with Gasteiger partial charge >= 0.3 is 11.9 Å². The number of carbonyl (C=O) groups is 4. The lowest BCUT2D eigenvalue weighted by atomic mass is 9.97. The molecule has 4 N–H and O–H groups in total. The zero-order valence-corrected chi connectivity index (χ0v) is 26.2. The molecule has 2 aliphatic heterocycles. The Morgan fingerprint density at radius 2 is 1.25 bits per heavy atom. The number of carboxylic acids is 2. The van der Waals surface area contributed by atoms with E-state index in [-0.39, 0.29) is 24.7 Å². The van der Waals surface area contributed by atoms with Crippen molar-refractivity contribution < 1.29 is 29.4 Å². The lowest BCUT2D eigenvalue weighted by molar-refractivity contribution is -0.138. The largest absolute Gasteiger partial charge is 0.481 e. The molecule has 2 aliphatic rings. The number of amides is 2. The Bertz CT molecular complexity index is 1740. The topological polar surface area (TPSA) is 165 Å². The molecule has 2 aromatic rings. The fourth-order valence-electron chi connectivity index (χ4n) is 5.85. The number of hydrogen-bond acceptors (Lipinski definition) is 5. The van der Waals surface area contributed by atoms with Gasteiger partial charge in [0.15, 0.2) is 0 Å². The maximum Gasteiger partial charge on any atom is 0.303 e. The first-order valence-corrected chi connectivity index (χ1v) is 14.8. The number of aromatic amines is 2. The molecule has 2 amide bonds. The highest BCUT2D eigenvalue weighted by molar-refractivity contribution is 7.83. The van der Waals surface area contributed by atoms with Gasteiger partial charge in [-0.15, -0.1) is 0 Å². The van der Waals surface area contributed by atoms with Gasteiger partial charge in [-0.25, -0.2) is 9.98 Å². The van der Waals surface area contributed by atoms with Crippen LogP contribution in [0.1, 0.15) is 71.7 Å². The van der Waals surface area contributed by atoms with Crippen LogP contribution in [0.5, 0.6) is 0 Å². The van der Waals surface area contributed by atoms with Gasteiger partial charge in [0.2, 0.25) is 0 Å². The van der Waals surface area contributed by atoms with Crippen LogP contribution in [0, 0.1) is 13.8 Å². The van der Waals surface area contributed by atoms with E-state index < -0.39 is 11.9 Å². The number of thiol groups is 1. The van der Waals surface area contributed by atoms with E-state index in [4.69, 9.17) is 0 Å². The van der Waals surface area contributed by atoms with Gasteiger partial charge in [0.25, 0.3) is 11.8 Å². The smallest absolute Gasteiger partial charge is 0.303 e. The number of carbonyl (C=O) groups excluding carboxylic acids is 2. The highest BCUT2D eigenvalue weighted by atomic mass is 32.1. The summed E-state index contributed by atoms with van der Waals surface area (Å²) in [5.41, 5.74) is 10.5. The summed E-state index contributed by atoms with van der Waals surface area (Å²) in [5.74, 6) is -2.46. The number of aliphatic carboxylic acids is 2. The van der Waals surface area contributed by atoms with E-state index in [1.54, 1.807) is 18.4 Å². The van der Waals surface area contributed by atoms with Crippen LogP contribution in [-0.2, 0) is 51.3 Å². The molecule has 2 aromatic heterocycles. The van der Waals surface area contributed by atoms with Gasteiger partial charge in [0, 0.05) is 71.6 Å². The van der Waals surface area contributed by atoms with E-state index in [9.17, 15) is 29.4 Å². The number of nitrogens with zero attached hydrogens (tertiary/aromatic N) is 2. The summed E-state index contributed by atoms with van der Waals surface area (Å²) in [5, 5.41) is 20.5. The van der Waals surface area contributed by atoms with Crippen LogP contribution in [0.2, 0.25) is 0 Å². The highest BCUT2D eigenvalue weighted by Crippen LogP contribution is 2.30. The second-order valence-electron chi connectivity index (χ2n) is 11.0. The van der Waals surface area contributed by atoms with Gasteiger partial charge in [-0.3, -0.25) is 19.2 Å². The van der Waals surface area contributed by atoms with E-state index in [2.05, 4.69) is 39.2 Å². The van der Waals surface area contributed by atoms with Crippen molar-refractivity contribution in [2.75, 3.05) is 0 Å². The van der Waals surface area contributed by atoms with Crippen molar-refractivity contribution in [3.63, 3.8) is 0 Å². The van der Waals surface area contributed by atoms with Gasteiger partial charge < -0.3 is 20.2 Å². The molecule has 0 radical (unpaired) electrons. The molecule has 0 fully saturated rings. The van der Waals surface area contributed by atoms with Crippen LogP contribution in [-0.4, -0.2) is 55.4 Å². The third kappa shape index (κ3) is 6.67. The minimum absolute atomic E-state index is 0.0635. The maximum atomic E-state index is 12.4. The van der Waals surface area contributed by atoms with E-state index in [0.717, 1.165) is 50.6 Å². The standard InChI is InChI=1S/C33H36N4O6S/c1-6-20-16(2)26(36-33(20)43)13-24-17(3)21(7-9-30(38)39)27(34-24)15-28-22(8-10-31(40)41)18(4)25(35-28)14-29-23(11-12-44)19(5)32(42)37-29/h6,11-12,34-35,44H,1,7-10,13-15H2,2-5H3,(H,38,39)(H,40,41)/b12-11-. The molecule has 0 unspecified atom stereocenters. The van der Waals surface area contributed by atoms with Crippen molar-refractivity contribution in [3.8, 4) is 0 Å². The summed E-state index contributed by atoms with van der Waals surface area (Å²) in [6.45, 7) is 11.1. The highest BCUT2D eigenvalue weighted by Gasteiger charge is 2.27. The Morgan fingerprint density at radius 1 is 0.750 bits per heavy atom. The first-order chi connectivity index (χ1) is 20.9. The number of hydrogen-bond donors (Lipinski definition) is 5. The van der Waals surface area contributed by atoms with Crippen molar-refractivity contribution in [1.82, 2.24) is 9.97 Å². The lowest BCUT2D eigenvalue weighted by Gasteiger charge is -2.07. The number of carboxylic acid groups (broad SMARTS) is 2. The molecule has 0 saturated heterocycles. The molecular weight excluding hydrogens is 580 g/mol. The average molecular weight is 617 g/mol. The Morgan fingerprint density at radius 3 is 1.70 bits per heavy atom. The molecule has 11 heteroatoms. The second-order valence-corrected chi connectivity index (χ2v) is 11.3. The SMILES string of the molecule is C=CC1=C(C)C(Cc2[nH]c(Cc3[nH]c(CC4=NC(=O)C(C)=C4/C=C\S)c(C)c3CCC(=O)O)c(CCC(=O)O)c2C)=NC1=O. The molecular formula is C33H36N4O6S. The van der Waals surface area contributed by atoms with E-state index in [1.165, 1.54) is 6.08 Å². The number of aromatic nitrogens is 2. The van der Waals surface area contributed by atoms with Crippen LogP contribution in [0.4, 0.5) is 0 Å². The Hall–Kier alpha value is -4.51. The Labute approximate surface area is 260 Å². The van der Waals surface area contributed by atoms with Crippen molar-refractivity contribution in [2.45, 2.75) is 72.6 Å². The lowest BCUT2D eigenvalue weighted by Crippen LogP contribution is -2.05. The summed E-state index contributed by atoms with van der Waals surface area (Å²) in [6.07, 6.45) is 4.78. The fraction of sp³-hybridized carbons (Fsp3) is 0.333. The third-order valence-electron chi connectivity index (χ3n) is 8.38. The molecule has 0 bridgehead atoms. The summed E-state index contributed by atoms with van der Waals surface area (Å²) in [4.78, 5) is 63.2. The minimum atomic E-state index is -0.919. The number of rotatable bonds is 14. The van der Waals surface area contributed by atoms with Gasteiger partial charge in [-0.2, -0.15) is 12.6 Å². The molecule has 0 aromatic carbocycles. The predicted molar refractivity (Wildman–Crippen MR) is 172 cm³/mol. The molecule has 0 aliphatic carbocycles. The van der Waals surface area contributed by atoms with E-state index in [0.29, 0.717) is 60.2 Å². The quantitative estimate of drug-likeness (QED) is 0.190. The van der Waals surface area contributed by atoms with Crippen LogP contribution in [0.3, 0.4) is 0 Å². The zero-order valence-electron chi connectivity index (χ0n) is 25.3. The fourth-order valence-corrected chi connectivity index (χ4v) is 6.00. The van der Waals surface area contributed by atoms with Gasteiger partial charge in [-0.05, 0) is 79.8 Å². The van der Waals surface area contributed by atoms with Crippen molar-refractivity contribution in [3.05, 3.63) is 91.5 Å². The minimum Gasteiger partial charge on any atom is -0.481 e. The van der Waals surface area contributed by atoms with Crippen molar-refractivity contribution in [1.29, 1.82) is 0 Å². The van der Waals surface area contributed by atoms with Crippen LogP contribution < -0.4 is 0 Å². The summed E-state index contributed by atoms with van der Waals surface area (Å²) < 4.78 is 0. The van der Waals surface area contributed by atoms with Crippen LogP contribution in [0.25, 0.3) is 0 Å². The van der Waals surface area contributed by atoms with Gasteiger partial charge in [-0.1, -0.05) is 12.7 Å². The van der Waals surface area contributed by atoms with E-state index >= 15 is 0 Å². The molecule has 0 atom stereocenters. The van der Waals surface area contributed by atoms with Gasteiger partial charge in [0.05, 0.1) is 11.4 Å². The normalized spacial score (nSPS) is 15.2. The first-order valence-electron chi connectivity index (χ1n) is 14.3. The second kappa shape index (κ2) is 13.4. The van der Waals surface area contributed by atoms with Crippen molar-refractivity contribution >= 4 is 47.8 Å². The maximum absolute atomic E-state index is 12.4. The average Bonchev–Trinajstić information content (AvgIpc) is 3.60. The number of allylic oxidation sites excluding steroid dienone is 3. The van der Waals surface area contributed by atoms with Crippen molar-refractivity contribution in [2.24, 2.45) is 9.98 Å². The predicted octanol–water partition coefficient (Wildman–Crippen LogP) is 4.89. The third-order valence-corrected chi connectivity index (χ3v) is 8.53. The zero-order chi connectivity index (χ0) is 32.3. The molecule has 0 spiro atoms. The summed E-state index contributed by atoms with van der Waals surface area (Å²) in [6, 6.07) is 0. The number of aliphatic imine (C=N–C) groups is 2. The molecule has 0 saturated carbocycles. The number of nitrogens with one attached hydrogen (secondary N) is 2. The molecule has 10 nitrogen and oxygen atoms in total.